The standard InChI is InChI=1S/C15H16N4O3S/c1-2-22-12(11-6-4-3-5-7-11)10-16-13-14(19(20)21)18-8-9-23-15(18)17-13/h3-9,12,16H,2,10H2,1H3. The minimum absolute atomic E-state index is 0.0513. The van der Waals surface area contributed by atoms with E-state index in [2.05, 4.69) is 10.3 Å². The molecule has 1 N–H and O–H groups in total. The third-order valence-electron chi connectivity index (χ3n) is 3.40. The van der Waals surface area contributed by atoms with Crippen molar-refractivity contribution < 1.29 is 9.66 Å². The van der Waals surface area contributed by atoms with Crippen molar-refractivity contribution in [2.45, 2.75) is 13.0 Å². The molecule has 0 aliphatic rings. The van der Waals surface area contributed by atoms with Crippen LogP contribution >= 0.6 is 11.3 Å². The Balaban J connectivity index is 1.82. The number of nitrogens with one attached hydrogen (secondary N) is 1. The highest BCUT2D eigenvalue weighted by Gasteiger charge is 2.24. The Bertz CT molecular complexity index is 800. The van der Waals surface area contributed by atoms with Crippen LogP contribution in [0.2, 0.25) is 0 Å². The zero-order valence-corrected chi connectivity index (χ0v) is 13.3. The molecule has 0 bridgehead atoms. The van der Waals surface area contributed by atoms with Crippen LogP contribution in [0, 0.1) is 10.1 Å². The van der Waals surface area contributed by atoms with E-state index in [-0.39, 0.29) is 17.7 Å². The molecule has 0 spiro atoms. The number of fused-ring (bicyclic) bond motifs is 1. The summed E-state index contributed by atoms with van der Waals surface area (Å²) < 4.78 is 7.22. The van der Waals surface area contributed by atoms with Gasteiger partial charge in [0.15, 0.2) is 0 Å². The first-order valence-corrected chi connectivity index (χ1v) is 8.09. The first-order chi connectivity index (χ1) is 11.2. The minimum atomic E-state index is -0.423. The highest BCUT2D eigenvalue weighted by atomic mass is 32.1. The number of hydrogen-bond donors (Lipinski definition) is 1. The highest BCUT2D eigenvalue weighted by molar-refractivity contribution is 7.15. The maximum absolute atomic E-state index is 11.3. The van der Waals surface area contributed by atoms with E-state index in [1.54, 1.807) is 11.6 Å². The average Bonchev–Trinajstić information content (AvgIpc) is 3.12. The van der Waals surface area contributed by atoms with Crippen molar-refractivity contribution >= 4 is 27.9 Å². The molecule has 0 radical (unpaired) electrons. The predicted molar refractivity (Wildman–Crippen MR) is 89.0 cm³/mol. The van der Waals surface area contributed by atoms with Crippen LogP contribution in [-0.4, -0.2) is 27.5 Å². The second kappa shape index (κ2) is 6.76. The molecule has 2 aromatic heterocycles. The van der Waals surface area contributed by atoms with Crippen LogP contribution in [0.15, 0.2) is 41.9 Å². The van der Waals surface area contributed by atoms with Gasteiger partial charge in [0.05, 0.1) is 6.10 Å². The largest absolute Gasteiger partial charge is 0.372 e. The number of imidazole rings is 1. The SMILES string of the molecule is CCOC(CNc1nc2sccn2c1[N+](=O)[O-])c1ccccc1. The van der Waals surface area contributed by atoms with Crippen LogP contribution in [0.5, 0.6) is 0 Å². The van der Waals surface area contributed by atoms with Crippen LogP contribution < -0.4 is 5.32 Å². The normalized spacial score (nSPS) is 12.4. The lowest BCUT2D eigenvalue weighted by atomic mass is 10.1. The molecule has 0 saturated heterocycles. The average molecular weight is 332 g/mol. The van der Waals surface area contributed by atoms with E-state index in [1.807, 2.05) is 37.3 Å². The lowest BCUT2D eigenvalue weighted by Crippen LogP contribution is -2.16. The molecular formula is C15H16N4O3S. The Morgan fingerprint density at radius 3 is 2.91 bits per heavy atom. The molecule has 23 heavy (non-hydrogen) atoms. The van der Waals surface area contributed by atoms with E-state index >= 15 is 0 Å². The van der Waals surface area contributed by atoms with Crippen molar-refractivity contribution in [1.82, 2.24) is 9.38 Å². The van der Waals surface area contributed by atoms with Gasteiger partial charge in [0.25, 0.3) is 4.96 Å². The molecular weight excluding hydrogens is 316 g/mol. The van der Waals surface area contributed by atoms with Gasteiger partial charge >= 0.3 is 5.82 Å². The molecule has 3 rings (SSSR count). The van der Waals surface area contributed by atoms with Crippen LogP contribution in [0.4, 0.5) is 11.6 Å². The fourth-order valence-electron chi connectivity index (χ4n) is 2.40. The molecule has 8 heteroatoms. The van der Waals surface area contributed by atoms with Crippen LogP contribution in [0.1, 0.15) is 18.6 Å². The van der Waals surface area contributed by atoms with Gasteiger partial charge in [-0.1, -0.05) is 41.7 Å². The Morgan fingerprint density at radius 1 is 1.43 bits per heavy atom. The third-order valence-corrected chi connectivity index (χ3v) is 4.16. The summed E-state index contributed by atoms with van der Waals surface area (Å²) in [6.45, 7) is 2.89. The van der Waals surface area contributed by atoms with Gasteiger partial charge in [0, 0.05) is 18.5 Å². The van der Waals surface area contributed by atoms with Gasteiger partial charge in [-0.05, 0) is 17.4 Å². The van der Waals surface area contributed by atoms with Crippen molar-refractivity contribution in [3.8, 4) is 0 Å². The van der Waals surface area contributed by atoms with Gasteiger partial charge in [0.1, 0.15) is 6.20 Å². The predicted octanol–water partition coefficient (Wildman–Crippen LogP) is 3.49. The molecule has 1 unspecified atom stereocenters. The summed E-state index contributed by atoms with van der Waals surface area (Å²) >= 11 is 1.36. The Labute approximate surface area is 136 Å². The number of benzene rings is 1. The smallest absolute Gasteiger partial charge is 0.372 e. The van der Waals surface area contributed by atoms with Gasteiger partial charge < -0.3 is 20.2 Å². The lowest BCUT2D eigenvalue weighted by Gasteiger charge is -2.17. The number of nitro groups is 1. The number of anilines is 1. The quantitative estimate of drug-likeness (QED) is 0.529. The number of aromatic nitrogens is 2. The Kier molecular flexibility index (Phi) is 4.54. The molecule has 0 fully saturated rings. The van der Waals surface area contributed by atoms with E-state index in [9.17, 15) is 10.1 Å². The highest BCUT2D eigenvalue weighted by Crippen LogP contribution is 2.29. The van der Waals surface area contributed by atoms with Crippen LogP contribution in [0.3, 0.4) is 0 Å². The number of ether oxygens (including phenoxy) is 1. The number of nitrogens with zero attached hydrogens (tertiary/aromatic N) is 3. The van der Waals surface area contributed by atoms with Crippen molar-refractivity contribution in [3.63, 3.8) is 0 Å². The fraction of sp³-hybridized carbons (Fsp3) is 0.267. The van der Waals surface area contributed by atoms with E-state index in [1.165, 1.54) is 15.7 Å². The van der Waals surface area contributed by atoms with Crippen LogP contribution in [-0.2, 0) is 4.74 Å². The molecule has 2 heterocycles. The molecule has 0 saturated carbocycles. The molecule has 1 atom stereocenters. The second-order valence-electron chi connectivity index (χ2n) is 4.83. The number of rotatable bonds is 7. The second-order valence-corrected chi connectivity index (χ2v) is 5.71. The topological polar surface area (TPSA) is 81.7 Å². The summed E-state index contributed by atoms with van der Waals surface area (Å²) in [5.74, 6) is 0.215. The zero-order valence-electron chi connectivity index (χ0n) is 12.5. The van der Waals surface area contributed by atoms with E-state index in [4.69, 9.17) is 4.74 Å². The van der Waals surface area contributed by atoms with Crippen molar-refractivity contribution in [1.29, 1.82) is 0 Å². The summed E-state index contributed by atoms with van der Waals surface area (Å²) in [6.07, 6.45) is 1.45. The maximum atomic E-state index is 11.3. The van der Waals surface area contributed by atoms with Gasteiger partial charge in [-0.2, -0.15) is 9.38 Å². The molecule has 7 nitrogen and oxygen atoms in total. The monoisotopic (exact) mass is 332 g/mol. The molecule has 0 aliphatic carbocycles. The summed E-state index contributed by atoms with van der Waals surface area (Å²) in [6, 6.07) is 9.77. The molecule has 1 aromatic carbocycles. The first-order valence-electron chi connectivity index (χ1n) is 7.21. The summed E-state index contributed by atoms with van der Waals surface area (Å²) in [5.41, 5.74) is 1.02. The lowest BCUT2D eigenvalue weighted by molar-refractivity contribution is -0.389. The maximum Gasteiger partial charge on any atom is 0.372 e. The fourth-order valence-corrected chi connectivity index (χ4v) is 3.11. The first kappa shape index (κ1) is 15.4. The molecule has 120 valence electrons. The summed E-state index contributed by atoms with van der Waals surface area (Å²) in [4.78, 5) is 15.8. The van der Waals surface area contributed by atoms with Crippen molar-refractivity contribution in [3.05, 3.63) is 57.6 Å². The van der Waals surface area contributed by atoms with Gasteiger partial charge in [0.2, 0.25) is 5.82 Å². The zero-order chi connectivity index (χ0) is 16.2. The van der Waals surface area contributed by atoms with Crippen molar-refractivity contribution in [2.24, 2.45) is 0 Å². The Morgan fingerprint density at radius 2 is 2.22 bits per heavy atom. The minimum Gasteiger partial charge on any atom is -0.372 e. The van der Waals surface area contributed by atoms with E-state index in [0.717, 1.165) is 5.56 Å². The van der Waals surface area contributed by atoms with Crippen LogP contribution in [0.25, 0.3) is 4.96 Å². The number of thiazole rings is 1. The molecule has 0 aliphatic heterocycles. The van der Waals surface area contributed by atoms with Gasteiger partial charge in [-0.3, -0.25) is 0 Å². The molecule has 0 amide bonds. The van der Waals surface area contributed by atoms with Crippen molar-refractivity contribution in [2.75, 3.05) is 18.5 Å². The van der Waals surface area contributed by atoms with Gasteiger partial charge in [-0.15, -0.1) is 0 Å². The Hall–Kier alpha value is -2.45. The van der Waals surface area contributed by atoms with Gasteiger partial charge in [-0.25, -0.2) is 0 Å². The van der Waals surface area contributed by atoms with E-state index in [0.29, 0.717) is 18.1 Å². The summed E-state index contributed by atoms with van der Waals surface area (Å²) in [5, 5.41) is 16.1. The number of hydrogen-bond acceptors (Lipinski definition) is 6. The van der Waals surface area contributed by atoms with E-state index < -0.39 is 4.92 Å². The molecule has 3 aromatic rings. The summed E-state index contributed by atoms with van der Waals surface area (Å²) in [7, 11) is 0. The third kappa shape index (κ3) is 3.17.